The zero-order chi connectivity index (χ0) is 23.8. The van der Waals surface area contributed by atoms with Gasteiger partial charge < -0.3 is 14.2 Å². The van der Waals surface area contributed by atoms with Crippen LogP contribution >= 0.6 is 0 Å². The summed E-state index contributed by atoms with van der Waals surface area (Å²) in [5.41, 5.74) is 3.60. The number of anilines is 1. The van der Waals surface area contributed by atoms with Gasteiger partial charge in [0.15, 0.2) is 11.5 Å². The van der Waals surface area contributed by atoms with Crippen LogP contribution in [0.4, 0.5) is 5.82 Å². The smallest absolute Gasteiger partial charge is 0.232 e. The molecular formula is C28H25N3O4. The van der Waals surface area contributed by atoms with Gasteiger partial charge in [-0.2, -0.15) is 5.10 Å². The summed E-state index contributed by atoms with van der Waals surface area (Å²) in [4.78, 5) is 15.4. The lowest BCUT2D eigenvalue weighted by molar-refractivity contribution is -0.118. The number of aromatic nitrogens is 2. The highest BCUT2D eigenvalue weighted by Crippen LogP contribution is 2.42. The van der Waals surface area contributed by atoms with Crippen molar-refractivity contribution in [1.82, 2.24) is 9.78 Å². The summed E-state index contributed by atoms with van der Waals surface area (Å²) in [6.07, 6.45) is 1.12. The second-order valence-electron chi connectivity index (χ2n) is 8.68. The minimum Gasteiger partial charge on any atom is -0.457 e. The first-order valence-corrected chi connectivity index (χ1v) is 11.8. The summed E-state index contributed by atoms with van der Waals surface area (Å²) >= 11 is 0. The fourth-order valence-electron chi connectivity index (χ4n) is 4.74. The number of fused-ring (bicyclic) bond motifs is 2. The van der Waals surface area contributed by atoms with Gasteiger partial charge in [-0.3, -0.25) is 9.69 Å². The van der Waals surface area contributed by atoms with E-state index in [1.165, 1.54) is 0 Å². The zero-order valence-corrected chi connectivity index (χ0v) is 19.4. The van der Waals surface area contributed by atoms with E-state index in [1.54, 1.807) is 0 Å². The number of amides is 1. The molecule has 2 aliphatic heterocycles. The Bertz CT molecular complexity index is 1400. The third kappa shape index (κ3) is 3.99. The minimum atomic E-state index is 0.0208. The molecule has 0 spiro atoms. The van der Waals surface area contributed by atoms with Crippen LogP contribution in [0, 0.1) is 6.92 Å². The molecule has 0 unspecified atom stereocenters. The molecule has 0 radical (unpaired) electrons. The average molecular weight is 468 g/mol. The fourth-order valence-corrected chi connectivity index (χ4v) is 4.74. The molecule has 0 fully saturated rings. The number of ether oxygens (including phenoxy) is 3. The van der Waals surface area contributed by atoms with Crippen LogP contribution in [-0.2, 0) is 17.8 Å². The molecule has 3 aromatic carbocycles. The van der Waals surface area contributed by atoms with E-state index in [-0.39, 0.29) is 19.1 Å². The Kier molecular flexibility index (Phi) is 5.37. The van der Waals surface area contributed by atoms with Gasteiger partial charge in [-0.1, -0.05) is 42.5 Å². The number of hydrogen-bond donors (Lipinski definition) is 0. The van der Waals surface area contributed by atoms with Crippen molar-refractivity contribution in [3.05, 3.63) is 84.1 Å². The lowest BCUT2D eigenvalue weighted by Crippen LogP contribution is -2.38. The summed E-state index contributed by atoms with van der Waals surface area (Å²) in [7, 11) is 0. The number of nitrogens with zero attached hydrogens (tertiary/aromatic N) is 3. The maximum Gasteiger partial charge on any atom is 0.232 e. The predicted octanol–water partition coefficient (Wildman–Crippen LogP) is 5.36. The van der Waals surface area contributed by atoms with Crippen molar-refractivity contribution in [3.63, 3.8) is 0 Å². The Morgan fingerprint density at radius 3 is 2.66 bits per heavy atom. The molecule has 0 saturated carbocycles. The van der Waals surface area contributed by atoms with Gasteiger partial charge in [-0.15, -0.1) is 0 Å². The molecule has 2 aliphatic rings. The van der Waals surface area contributed by atoms with Gasteiger partial charge in [0, 0.05) is 18.7 Å². The van der Waals surface area contributed by atoms with E-state index in [0.717, 1.165) is 52.7 Å². The number of benzene rings is 3. The maximum absolute atomic E-state index is 13.6. The highest BCUT2D eigenvalue weighted by molar-refractivity contribution is 5.99. The van der Waals surface area contributed by atoms with Crippen molar-refractivity contribution >= 4 is 11.7 Å². The summed E-state index contributed by atoms with van der Waals surface area (Å²) < 4.78 is 19.1. The fraction of sp³-hybridized carbons (Fsp3) is 0.214. The average Bonchev–Trinajstić information content (AvgIpc) is 3.48. The van der Waals surface area contributed by atoms with Crippen LogP contribution in [0.2, 0.25) is 0 Å². The lowest BCUT2D eigenvalue weighted by Gasteiger charge is -2.29. The predicted molar refractivity (Wildman–Crippen MR) is 132 cm³/mol. The van der Waals surface area contributed by atoms with Crippen LogP contribution in [0.15, 0.2) is 72.8 Å². The molecule has 0 bridgehead atoms. The van der Waals surface area contributed by atoms with Crippen LogP contribution in [0.1, 0.15) is 17.7 Å². The van der Waals surface area contributed by atoms with Crippen LogP contribution in [-0.4, -0.2) is 29.0 Å². The van der Waals surface area contributed by atoms with Crippen molar-refractivity contribution in [3.8, 4) is 34.1 Å². The van der Waals surface area contributed by atoms with Crippen molar-refractivity contribution < 1.29 is 19.0 Å². The lowest BCUT2D eigenvalue weighted by atomic mass is 10.0. The molecule has 1 amide bonds. The van der Waals surface area contributed by atoms with Gasteiger partial charge in [0.25, 0.3) is 0 Å². The third-order valence-corrected chi connectivity index (χ3v) is 6.33. The van der Waals surface area contributed by atoms with E-state index >= 15 is 0 Å². The van der Waals surface area contributed by atoms with E-state index in [1.807, 2.05) is 89.3 Å². The zero-order valence-electron chi connectivity index (χ0n) is 19.4. The monoisotopic (exact) mass is 467 g/mol. The highest BCUT2D eigenvalue weighted by Gasteiger charge is 2.30. The first-order chi connectivity index (χ1) is 17.2. The van der Waals surface area contributed by atoms with Gasteiger partial charge in [-0.25, -0.2) is 4.68 Å². The summed E-state index contributed by atoms with van der Waals surface area (Å²) in [5, 5.41) is 4.79. The molecule has 0 atom stereocenters. The maximum atomic E-state index is 13.6. The molecule has 176 valence electrons. The number of carbonyl (C=O) groups is 1. The van der Waals surface area contributed by atoms with Crippen LogP contribution in [0.25, 0.3) is 11.1 Å². The van der Waals surface area contributed by atoms with E-state index in [0.29, 0.717) is 18.0 Å². The van der Waals surface area contributed by atoms with Crippen molar-refractivity contribution in [1.29, 1.82) is 0 Å². The second kappa shape index (κ2) is 8.83. The van der Waals surface area contributed by atoms with Crippen LogP contribution < -0.4 is 19.1 Å². The molecule has 35 heavy (non-hydrogen) atoms. The van der Waals surface area contributed by atoms with Crippen LogP contribution in [0.3, 0.4) is 0 Å². The first-order valence-electron chi connectivity index (χ1n) is 11.8. The Labute approximate surface area is 203 Å². The van der Waals surface area contributed by atoms with Crippen molar-refractivity contribution in [2.75, 3.05) is 18.2 Å². The molecule has 0 aliphatic carbocycles. The van der Waals surface area contributed by atoms with Gasteiger partial charge >= 0.3 is 0 Å². The standard InChI is InChI=1S/C28H25N3O4/c1-19-27(22-10-5-6-11-23(22)35-21-8-3-2-4-9-21)28-30(14-7-15-31(28)29-19)26(32)17-20-12-13-24-25(16-20)34-18-33-24/h2-6,8-13,16H,7,14-15,17-18H2,1H3. The summed E-state index contributed by atoms with van der Waals surface area (Å²) in [6.45, 7) is 3.61. The third-order valence-electron chi connectivity index (χ3n) is 6.33. The number of aryl methyl sites for hydroxylation is 2. The molecule has 0 N–H and O–H groups in total. The Hall–Kier alpha value is -4.26. The van der Waals surface area contributed by atoms with Crippen molar-refractivity contribution in [2.24, 2.45) is 0 Å². The highest BCUT2D eigenvalue weighted by atomic mass is 16.7. The molecule has 3 heterocycles. The molecule has 7 heteroatoms. The SMILES string of the molecule is Cc1nn2c(c1-c1ccccc1Oc1ccccc1)N(C(=O)Cc1ccc3c(c1)OCO3)CCC2. The van der Waals surface area contributed by atoms with Crippen molar-refractivity contribution in [2.45, 2.75) is 26.3 Å². The molecule has 6 rings (SSSR count). The first kappa shape index (κ1) is 21.3. The van der Waals surface area contributed by atoms with Gasteiger partial charge in [0.05, 0.1) is 17.7 Å². The van der Waals surface area contributed by atoms with E-state index < -0.39 is 0 Å². The van der Waals surface area contributed by atoms with E-state index in [4.69, 9.17) is 19.3 Å². The van der Waals surface area contributed by atoms with Gasteiger partial charge in [0.2, 0.25) is 12.7 Å². The number of para-hydroxylation sites is 2. The van der Waals surface area contributed by atoms with Gasteiger partial charge in [0.1, 0.15) is 17.3 Å². The quantitative estimate of drug-likeness (QED) is 0.395. The minimum absolute atomic E-state index is 0.0208. The largest absolute Gasteiger partial charge is 0.457 e. The summed E-state index contributed by atoms with van der Waals surface area (Å²) in [6, 6.07) is 23.3. The number of rotatable bonds is 5. The Morgan fingerprint density at radius 2 is 1.77 bits per heavy atom. The summed E-state index contributed by atoms with van der Waals surface area (Å²) in [5.74, 6) is 3.73. The Balaban J connectivity index is 1.36. The molecule has 0 saturated heterocycles. The van der Waals surface area contributed by atoms with Gasteiger partial charge in [-0.05, 0) is 49.2 Å². The molecule has 4 aromatic rings. The topological polar surface area (TPSA) is 65.8 Å². The Morgan fingerprint density at radius 1 is 0.971 bits per heavy atom. The normalized spacial score (nSPS) is 14.0. The number of hydrogen-bond acceptors (Lipinski definition) is 5. The number of carbonyl (C=O) groups excluding carboxylic acids is 1. The van der Waals surface area contributed by atoms with E-state index in [2.05, 4.69) is 0 Å². The second-order valence-corrected chi connectivity index (χ2v) is 8.68. The van der Waals surface area contributed by atoms with E-state index in [9.17, 15) is 4.79 Å². The molecular weight excluding hydrogens is 442 g/mol. The molecule has 1 aromatic heterocycles. The van der Waals surface area contributed by atoms with Crippen LogP contribution in [0.5, 0.6) is 23.0 Å². The molecule has 7 nitrogen and oxygen atoms in total.